The lowest BCUT2D eigenvalue weighted by Crippen LogP contribution is -2.39. The van der Waals surface area contributed by atoms with Crippen LogP contribution in [-0.2, 0) is 4.79 Å². The van der Waals surface area contributed by atoms with E-state index in [9.17, 15) is 4.79 Å². The number of anilines is 1. The molecule has 0 aliphatic carbocycles. The molecule has 1 aromatic carbocycles. The first-order valence-corrected chi connectivity index (χ1v) is 6.91. The van der Waals surface area contributed by atoms with Crippen molar-refractivity contribution in [1.29, 1.82) is 0 Å². The molecule has 2 rings (SSSR count). The summed E-state index contributed by atoms with van der Waals surface area (Å²) in [6, 6.07) is 5.99. The summed E-state index contributed by atoms with van der Waals surface area (Å²) in [7, 11) is 1.99. The van der Waals surface area contributed by atoms with Gasteiger partial charge < -0.3 is 10.6 Å². The van der Waals surface area contributed by atoms with E-state index in [0.29, 0.717) is 17.6 Å². The number of benzene rings is 1. The average Bonchev–Trinajstić information content (AvgIpc) is 2.88. The minimum atomic E-state index is -0.000216. The second-order valence-electron chi connectivity index (χ2n) is 5.02. The number of nitrogens with one attached hydrogen (secondary N) is 2. The molecule has 0 saturated carbocycles. The van der Waals surface area contributed by atoms with Gasteiger partial charge in [0, 0.05) is 23.3 Å². The highest BCUT2D eigenvalue weighted by Gasteiger charge is 2.21. The van der Waals surface area contributed by atoms with Gasteiger partial charge in [-0.25, -0.2) is 0 Å². The SMILES string of the molecule is Cc1c(Cl)cccc1NC(=O)CN(C)C1CCNC1. The van der Waals surface area contributed by atoms with Gasteiger partial charge in [-0.2, -0.15) is 0 Å². The fourth-order valence-electron chi connectivity index (χ4n) is 2.30. The molecule has 1 fully saturated rings. The van der Waals surface area contributed by atoms with Gasteiger partial charge in [-0.3, -0.25) is 9.69 Å². The van der Waals surface area contributed by atoms with Gasteiger partial charge in [0.1, 0.15) is 0 Å². The Morgan fingerprint density at radius 2 is 2.37 bits per heavy atom. The molecule has 1 aromatic rings. The number of amides is 1. The maximum atomic E-state index is 12.0. The van der Waals surface area contributed by atoms with Crippen LogP contribution >= 0.6 is 11.6 Å². The van der Waals surface area contributed by atoms with Crippen LogP contribution in [0.15, 0.2) is 18.2 Å². The third-order valence-corrected chi connectivity index (χ3v) is 4.00. The number of carbonyl (C=O) groups excluding carboxylic acids is 1. The standard InChI is InChI=1S/C14H20ClN3O/c1-10-12(15)4-3-5-13(10)17-14(19)9-18(2)11-6-7-16-8-11/h3-5,11,16H,6-9H2,1-2H3,(H,17,19). The van der Waals surface area contributed by atoms with E-state index in [0.717, 1.165) is 30.8 Å². The molecule has 0 radical (unpaired) electrons. The summed E-state index contributed by atoms with van der Waals surface area (Å²) in [5.74, 6) is -0.000216. The lowest BCUT2D eigenvalue weighted by molar-refractivity contribution is -0.117. The zero-order valence-electron chi connectivity index (χ0n) is 11.4. The highest BCUT2D eigenvalue weighted by Crippen LogP contribution is 2.22. The lowest BCUT2D eigenvalue weighted by atomic mass is 10.2. The lowest BCUT2D eigenvalue weighted by Gasteiger charge is -2.22. The van der Waals surface area contributed by atoms with Crippen molar-refractivity contribution in [2.75, 3.05) is 32.0 Å². The molecule has 0 bridgehead atoms. The first kappa shape index (κ1) is 14.3. The van der Waals surface area contributed by atoms with Crippen molar-refractivity contribution >= 4 is 23.2 Å². The summed E-state index contributed by atoms with van der Waals surface area (Å²) in [5, 5.41) is 6.89. The Morgan fingerprint density at radius 3 is 3.05 bits per heavy atom. The zero-order chi connectivity index (χ0) is 13.8. The maximum Gasteiger partial charge on any atom is 0.238 e. The number of likely N-dealkylation sites (N-methyl/N-ethyl adjacent to an activating group) is 1. The summed E-state index contributed by atoms with van der Waals surface area (Å²) in [6.07, 6.45) is 1.10. The molecule has 1 heterocycles. The minimum Gasteiger partial charge on any atom is -0.325 e. The third kappa shape index (κ3) is 3.69. The van der Waals surface area contributed by atoms with Gasteiger partial charge in [0.15, 0.2) is 0 Å². The van der Waals surface area contributed by atoms with E-state index >= 15 is 0 Å². The normalized spacial score (nSPS) is 18.8. The van der Waals surface area contributed by atoms with E-state index in [1.54, 1.807) is 0 Å². The van der Waals surface area contributed by atoms with Crippen molar-refractivity contribution in [3.63, 3.8) is 0 Å². The Morgan fingerprint density at radius 1 is 1.58 bits per heavy atom. The molecule has 0 spiro atoms. The number of hydrogen-bond donors (Lipinski definition) is 2. The summed E-state index contributed by atoms with van der Waals surface area (Å²) in [6.45, 7) is 4.30. The predicted molar refractivity (Wildman–Crippen MR) is 78.7 cm³/mol. The number of carbonyl (C=O) groups is 1. The fourth-order valence-corrected chi connectivity index (χ4v) is 2.48. The number of nitrogens with zero attached hydrogens (tertiary/aromatic N) is 1. The van der Waals surface area contributed by atoms with Gasteiger partial charge in [-0.05, 0) is 44.6 Å². The second-order valence-corrected chi connectivity index (χ2v) is 5.43. The topological polar surface area (TPSA) is 44.4 Å². The van der Waals surface area contributed by atoms with Crippen LogP contribution in [0.3, 0.4) is 0 Å². The van der Waals surface area contributed by atoms with Crippen molar-refractivity contribution in [3.8, 4) is 0 Å². The largest absolute Gasteiger partial charge is 0.325 e. The Labute approximate surface area is 119 Å². The molecule has 1 atom stereocenters. The predicted octanol–water partition coefficient (Wildman–Crippen LogP) is 1.88. The molecule has 4 nitrogen and oxygen atoms in total. The van der Waals surface area contributed by atoms with E-state index in [4.69, 9.17) is 11.6 Å². The molecule has 1 aliphatic rings. The van der Waals surface area contributed by atoms with E-state index in [-0.39, 0.29) is 5.91 Å². The van der Waals surface area contributed by atoms with Crippen LogP contribution < -0.4 is 10.6 Å². The quantitative estimate of drug-likeness (QED) is 0.886. The van der Waals surface area contributed by atoms with Crippen molar-refractivity contribution < 1.29 is 4.79 Å². The average molecular weight is 282 g/mol. The number of rotatable bonds is 4. The van der Waals surface area contributed by atoms with Crippen LogP contribution in [0, 0.1) is 6.92 Å². The molecule has 0 aromatic heterocycles. The molecule has 5 heteroatoms. The summed E-state index contributed by atoms with van der Waals surface area (Å²) >= 11 is 6.04. The van der Waals surface area contributed by atoms with Crippen LogP contribution in [0.4, 0.5) is 5.69 Å². The van der Waals surface area contributed by atoms with Gasteiger partial charge in [0.05, 0.1) is 6.54 Å². The fraction of sp³-hybridized carbons (Fsp3) is 0.500. The smallest absolute Gasteiger partial charge is 0.238 e. The zero-order valence-corrected chi connectivity index (χ0v) is 12.1. The van der Waals surface area contributed by atoms with Crippen LogP contribution in [0.2, 0.25) is 5.02 Å². The summed E-state index contributed by atoms with van der Waals surface area (Å²) < 4.78 is 0. The molecule has 1 amide bonds. The molecule has 1 saturated heterocycles. The van der Waals surface area contributed by atoms with Crippen LogP contribution in [-0.4, -0.2) is 43.5 Å². The van der Waals surface area contributed by atoms with E-state index in [1.807, 2.05) is 32.2 Å². The van der Waals surface area contributed by atoms with Gasteiger partial charge in [0.2, 0.25) is 5.91 Å². The van der Waals surface area contributed by atoms with Gasteiger partial charge in [-0.1, -0.05) is 17.7 Å². The summed E-state index contributed by atoms with van der Waals surface area (Å²) in [5.41, 5.74) is 1.69. The summed E-state index contributed by atoms with van der Waals surface area (Å²) in [4.78, 5) is 14.1. The van der Waals surface area contributed by atoms with E-state index < -0.39 is 0 Å². The first-order valence-electron chi connectivity index (χ1n) is 6.54. The molecule has 104 valence electrons. The molecule has 2 N–H and O–H groups in total. The first-order chi connectivity index (χ1) is 9.08. The molecule has 1 unspecified atom stereocenters. The molecule has 1 aliphatic heterocycles. The van der Waals surface area contributed by atoms with Crippen molar-refractivity contribution in [3.05, 3.63) is 28.8 Å². The van der Waals surface area contributed by atoms with Crippen molar-refractivity contribution in [1.82, 2.24) is 10.2 Å². The maximum absolute atomic E-state index is 12.0. The molecular formula is C14H20ClN3O. The van der Waals surface area contributed by atoms with Gasteiger partial charge in [-0.15, -0.1) is 0 Å². The second kappa shape index (κ2) is 6.37. The van der Waals surface area contributed by atoms with Crippen molar-refractivity contribution in [2.45, 2.75) is 19.4 Å². The number of hydrogen-bond acceptors (Lipinski definition) is 3. The van der Waals surface area contributed by atoms with Crippen molar-refractivity contribution in [2.24, 2.45) is 0 Å². The Bertz CT molecular complexity index is 458. The Balaban J connectivity index is 1.91. The van der Waals surface area contributed by atoms with Gasteiger partial charge in [0.25, 0.3) is 0 Å². The van der Waals surface area contributed by atoms with E-state index in [2.05, 4.69) is 15.5 Å². The molecule has 19 heavy (non-hydrogen) atoms. The highest BCUT2D eigenvalue weighted by atomic mass is 35.5. The van der Waals surface area contributed by atoms with Crippen LogP contribution in [0.25, 0.3) is 0 Å². The minimum absolute atomic E-state index is 0.000216. The van der Waals surface area contributed by atoms with Gasteiger partial charge >= 0.3 is 0 Å². The van der Waals surface area contributed by atoms with Crippen LogP contribution in [0.5, 0.6) is 0 Å². The van der Waals surface area contributed by atoms with E-state index in [1.165, 1.54) is 0 Å². The highest BCUT2D eigenvalue weighted by molar-refractivity contribution is 6.31. The van der Waals surface area contributed by atoms with Crippen LogP contribution in [0.1, 0.15) is 12.0 Å². The Hall–Kier alpha value is -1.10. The number of halogens is 1. The molecular weight excluding hydrogens is 262 g/mol. The third-order valence-electron chi connectivity index (χ3n) is 3.59. The monoisotopic (exact) mass is 281 g/mol. The Kier molecular flexibility index (Phi) is 4.80.